The van der Waals surface area contributed by atoms with Crippen LogP contribution in [0.15, 0.2) is 23.2 Å². The van der Waals surface area contributed by atoms with Crippen LogP contribution in [0.1, 0.15) is 19.3 Å². The van der Waals surface area contributed by atoms with Crippen LogP contribution < -0.4 is 11.5 Å². The van der Waals surface area contributed by atoms with Gasteiger partial charge in [0.05, 0.1) is 0 Å². The van der Waals surface area contributed by atoms with Gasteiger partial charge >= 0.3 is 0 Å². The summed E-state index contributed by atoms with van der Waals surface area (Å²) in [6, 6.07) is 4.19. The zero-order chi connectivity index (χ0) is 9.97. The maximum Gasteiger partial charge on any atom is 0.123 e. The van der Waals surface area contributed by atoms with Gasteiger partial charge < -0.3 is 11.5 Å². The van der Waals surface area contributed by atoms with Crippen molar-refractivity contribution in [3.63, 3.8) is 0 Å². The third-order valence-corrected chi connectivity index (χ3v) is 3.95. The van der Waals surface area contributed by atoms with Crippen LogP contribution in [0.2, 0.25) is 0 Å². The molecule has 0 saturated heterocycles. The molecular weight excluding hydrogens is 194 g/mol. The van der Waals surface area contributed by atoms with Crippen molar-refractivity contribution >= 4 is 17.6 Å². The van der Waals surface area contributed by atoms with Crippen LogP contribution in [0.5, 0.6) is 0 Å². The summed E-state index contributed by atoms with van der Waals surface area (Å²) in [7, 11) is 0. The van der Waals surface area contributed by atoms with Crippen molar-refractivity contribution in [1.82, 2.24) is 4.98 Å². The lowest BCUT2D eigenvalue weighted by Gasteiger charge is -2.14. The molecule has 2 unspecified atom stereocenters. The Morgan fingerprint density at radius 3 is 2.79 bits per heavy atom. The standard InChI is InChI=1S/C10H15N3S/c11-8-2-1-3-9(8)14-7-4-5-10(12)13-6-7/h4-6,8-9H,1-3,11H2,(H2,12,13). The van der Waals surface area contributed by atoms with Crippen molar-refractivity contribution in [1.29, 1.82) is 0 Å². The van der Waals surface area contributed by atoms with Gasteiger partial charge in [-0.2, -0.15) is 0 Å². The lowest BCUT2D eigenvalue weighted by molar-refractivity contribution is 0.716. The van der Waals surface area contributed by atoms with Gasteiger partial charge in [0.2, 0.25) is 0 Å². The Kier molecular flexibility index (Phi) is 2.93. The Morgan fingerprint density at radius 1 is 1.36 bits per heavy atom. The second-order valence-corrected chi connectivity index (χ2v) is 4.98. The number of nitrogens with two attached hydrogens (primary N) is 2. The summed E-state index contributed by atoms with van der Waals surface area (Å²) in [5, 5.41) is 0.556. The SMILES string of the molecule is Nc1ccc(SC2CCCC2N)cn1. The summed E-state index contributed by atoms with van der Waals surface area (Å²) < 4.78 is 0. The number of hydrogen-bond donors (Lipinski definition) is 2. The predicted molar refractivity (Wildman–Crippen MR) is 60.1 cm³/mol. The van der Waals surface area contributed by atoms with Gasteiger partial charge in [0.25, 0.3) is 0 Å². The number of nitrogens with zero attached hydrogens (tertiary/aromatic N) is 1. The first-order valence-corrected chi connectivity index (χ1v) is 5.77. The van der Waals surface area contributed by atoms with Crippen LogP contribution in [0.4, 0.5) is 5.82 Å². The van der Waals surface area contributed by atoms with Crippen molar-refractivity contribution in [2.75, 3.05) is 5.73 Å². The molecule has 0 aromatic carbocycles. The van der Waals surface area contributed by atoms with Crippen LogP contribution in [0, 0.1) is 0 Å². The summed E-state index contributed by atoms with van der Waals surface area (Å²) >= 11 is 1.82. The highest BCUT2D eigenvalue weighted by Crippen LogP contribution is 2.33. The summed E-state index contributed by atoms with van der Waals surface area (Å²) in [4.78, 5) is 5.23. The molecule has 1 fully saturated rings. The van der Waals surface area contributed by atoms with Crippen LogP contribution in [0.3, 0.4) is 0 Å². The maximum absolute atomic E-state index is 5.99. The van der Waals surface area contributed by atoms with Crippen LogP contribution in [-0.4, -0.2) is 16.3 Å². The van der Waals surface area contributed by atoms with Gasteiger partial charge in [-0.3, -0.25) is 0 Å². The van der Waals surface area contributed by atoms with Gasteiger partial charge in [0.1, 0.15) is 5.82 Å². The number of thioether (sulfide) groups is 1. The minimum absolute atomic E-state index is 0.345. The molecule has 1 aliphatic carbocycles. The van der Waals surface area contributed by atoms with Gasteiger partial charge in [-0.15, -0.1) is 11.8 Å². The number of rotatable bonds is 2. The molecule has 1 aliphatic rings. The van der Waals surface area contributed by atoms with E-state index in [4.69, 9.17) is 11.5 Å². The second kappa shape index (κ2) is 4.19. The summed E-state index contributed by atoms with van der Waals surface area (Å²) in [5.41, 5.74) is 11.5. The molecule has 0 amide bonds. The van der Waals surface area contributed by atoms with E-state index >= 15 is 0 Å². The van der Waals surface area contributed by atoms with E-state index in [9.17, 15) is 0 Å². The number of nitrogen functional groups attached to an aromatic ring is 1. The highest BCUT2D eigenvalue weighted by atomic mass is 32.2. The maximum atomic E-state index is 5.99. The van der Waals surface area contributed by atoms with Crippen molar-refractivity contribution in [3.8, 4) is 0 Å². The molecular formula is C10H15N3S. The van der Waals surface area contributed by atoms with E-state index in [1.807, 2.05) is 30.1 Å². The smallest absolute Gasteiger partial charge is 0.123 e. The van der Waals surface area contributed by atoms with Gasteiger partial charge in [0.15, 0.2) is 0 Å². The Balaban J connectivity index is 2.00. The fraction of sp³-hybridized carbons (Fsp3) is 0.500. The van der Waals surface area contributed by atoms with E-state index in [0.29, 0.717) is 17.1 Å². The monoisotopic (exact) mass is 209 g/mol. The van der Waals surface area contributed by atoms with E-state index in [0.717, 1.165) is 6.42 Å². The Morgan fingerprint density at radius 2 is 2.21 bits per heavy atom. The molecule has 3 nitrogen and oxygen atoms in total. The zero-order valence-electron chi connectivity index (χ0n) is 8.02. The van der Waals surface area contributed by atoms with E-state index < -0.39 is 0 Å². The topological polar surface area (TPSA) is 64.9 Å². The molecule has 1 aromatic heterocycles. The normalized spacial score (nSPS) is 26.6. The third-order valence-electron chi connectivity index (χ3n) is 2.55. The van der Waals surface area contributed by atoms with Crippen molar-refractivity contribution in [2.24, 2.45) is 5.73 Å². The summed E-state index contributed by atoms with van der Waals surface area (Å²) in [6.45, 7) is 0. The molecule has 0 aliphatic heterocycles. The first kappa shape index (κ1) is 9.80. The number of aromatic nitrogens is 1. The number of anilines is 1. The van der Waals surface area contributed by atoms with Crippen molar-refractivity contribution in [3.05, 3.63) is 18.3 Å². The molecule has 0 bridgehead atoms. The number of hydrogen-bond acceptors (Lipinski definition) is 4. The van der Waals surface area contributed by atoms with Crippen molar-refractivity contribution < 1.29 is 0 Å². The fourth-order valence-electron chi connectivity index (χ4n) is 1.74. The zero-order valence-corrected chi connectivity index (χ0v) is 8.83. The highest BCUT2D eigenvalue weighted by molar-refractivity contribution is 8.00. The molecule has 14 heavy (non-hydrogen) atoms. The van der Waals surface area contributed by atoms with Gasteiger partial charge in [0, 0.05) is 22.4 Å². The molecule has 2 rings (SSSR count). The molecule has 76 valence electrons. The van der Waals surface area contributed by atoms with E-state index in [1.165, 1.54) is 17.7 Å². The van der Waals surface area contributed by atoms with Crippen LogP contribution in [-0.2, 0) is 0 Å². The van der Waals surface area contributed by atoms with Crippen LogP contribution >= 0.6 is 11.8 Å². The first-order chi connectivity index (χ1) is 6.75. The van der Waals surface area contributed by atoms with E-state index in [-0.39, 0.29) is 0 Å². The summed E-state index contributed by atoms with van der Waals surface area (Å²) in [6.07, 6.45) is 5.45. The molecule has 4 N–H and O–H groups in total. The highest BCUT2D eigenvalue weighted by Gasteiger charge is 2.24. The Labute approximate surface area is 88.3 Å². The van der Waals surface area contributed by atoms with Gasteiger partial charge in [-0.25, -0.2) is 4.98 Å². The summed E-state index contributed by atoms with van der Waals surface area (Å²) in [5.74, 6) is 0.574. The molecule has 1 saturated carbocycles. The van der Waals surface area contributed by atoms with Crippen LogP contribution in [0.25, 0.3) is 0 Å². The minimum Gasteiger partial charge on any atom is -0.384 e. The average molecular weight is 209 g/mol. The molecule has 0 radical (unpaired) electrons. The lowest BCUT2D eigenvalue weighted by atomic mass is 10.3. The van der Waals surface area contributed by atoms with E-state index in [2.05, 4.69) is 4.98 Å². The van der Waals surface area contributed by atoms with Crippen molar-refractivity contribution in [2.45, 2.75) is 35.4 Å². The lowest BCUT2D eigenvalue weighted by Crippen LogP contribution is -2.26. The third kappa shape index (κ3) is 2.19. The Bertz CT molecular complexity index is 299. The molecule has 0 spiro atoms. The molecule has 2 atom stereocenters. The Hall–Kier alpha value is -0.740. The molecule has 1 heterocycles. The second-order valence-electron chi connectivity index (χ2n) is 3.67. The molecule has 4 heteroatoms. The fourth-order valence-corrected chi connectivity index (χ4v) is 2.94. The largest absolute Gasteiger partial charge is 0.384 e. The minimum atomic E-state index is 0.345. The van der Waals surface area contributed by atoms with Gasteiger partial charge in [-0.1, -0.05) is 6.42 Å². The molecule has 1 aromatic rings. The first-order valence-electron chi connectivity index (χ1n) is 4.89. The average Bonchev–Trinajstić information content (AvgIpc) is 2.56. The quantitative estimate of drug-likeness (QED) is 0.777. The van der Waals surface area contributed by atoms with Gasteiger partial charge in [-0.05, 0) is 25.0 Å². The number of pyridine rings is 1. The van der Waals surface area contributed by atoms with E-state index in [1.54, 1.807) is 0 Å². The predicted octanol–water partition coefficient (Wildman–Crippen LogP) is 1.64.